The fourth-order valence-corrected chi connectivity index (χ4v) is 3.23. The van der Waals surface area contributed by atoms with Crippen LogP contribution in [-0.4, -0.2) is 37.0 Å². The smallest absolute Gasteiger partial charge is 0.223 e. The number of rotatable bonds is 4. The van der Waals surface area contributed by atoms with Crippen LogP contribution < -0.4 is 10.6 Å². The van der Waals surface area contributed by atoms with E-state index < -0.39 is 0 Å². The van der Waals surface area contributed by atoms with Gasteiger partial charge >= 0.3 is 0 Å². The SMILES string of the molecule is Cl.Nc1ccccc1CCC(=O)N1CCN(c2cccc(Cl)c2)CC1. The third-order valence-electron chi connectivity index (χ3n) is 4.47. The van der Waals surface area contributed by atoms with Crippen molar-refractivity contribution in [3.05, 3.63) is 59.1 Å². The van der Waals surface area contributed by atoms with Crippen LogP contribution in [0.15, 0.2) is 48.5 Å². The molecule has 1 amide bonds. The van der Waals surface area contributed by atoms with Gasteiger partial charge in [-0.1, -0.05) is 35.9 Å². The van der Waals surface area contributed by atoms with Gasteiger partial charge in [0.15, 0.2) is 0 Å². The average molecular weight is 380 g/mol. The molecule has 1 fully saturated rings. The van der Waals surface area contributed by atoms with Crippen molar-refractivity contribution in [1.82, 2.24) is 4.90 Å². The Morgan fingerprint density at radius 3 is 2.44 bits per heavy atom. The van der Waals surface area contributed by atoms with E-state index in [1.165, 1.54) is 0 Å². The first kappa shape index (κ1) is 19.4. The highest BCUT2D eigenvalue weighted by molar-refractivity contribution is 6.30. The van der Waals surface area contributed by atoms with Gasteiger partial charge < -0.3 is 15.5 Å². The van der Waals surface area contributed by atoms with Crippen LogP contribution in [0.25, 0.3) is 0 Å². The van der Waals surface area contributed by atoms with E-state index in [9.17, 15) is 4.79 Å². The molecular weight excluding hydrogens is 357 g/mol. The van der Waals surface area contributed by atoms with E-state index in [1.807, 2.05) is 47.4 Å². The summed E-state index contributed by atoms with van der Waals surface area (Å²) in [5, 5.41) is 0.742. The molecule has 2 N–H and O–H groups in total. The van der Waals surface area contributed by atoms with Gasteiger partial charge in [0.25, 0.3) is 0 Å². The molecule has 0 saturated carbocycles. The molecule has 134 valence electrons. The molecule has 2 aromatic carbocycles. The monoisotopic (exact) mass is 379 g/mol. The number of piperazine rings is 1. The van der Waals surface area contributed by atoms with Gasteiger partial charge in [-0.3, -0.25) is 4.79 Å². The number of amides is 1. The Morgan fingerprint density at radius 2 is 1.76 bits per heavy atom. The molecule has 6 heteroatoms. The summed E-state index contributed by atoms with van der Waals surface area (Å²) in [6, 6.07) is 15.6. The molecule has 0 spiro atoms. The number of nitrogens with two attached hydrogens (primary N) is 1. The largest absolute Gasteiger partial charge is 0.399 e. The summed E-state index contributed by atoms with van der Waals surface area (Å²) in [6.45, 7) is 3.16. The number of halogens is 2. The van der Waals surface area contributed by atoms with Gasteiger partial charge in [-0.2, -0.15) is 0 Å². The third-order valence-corrected chi connectivity index (χ3v) is 4.70. The van der Waals surface area contributed by atoms with Gasteiger partial charge in [0.2, 0.25) is 5.91 Å². The Morgan fingerprint density at radius 1 is 1.04 bits per heavy atom. The highest BCUT2D eigenvalue weighted by Gasteiger charge is 2.21. The van der Waals surface area contributed by atoms with E-state index in [4.69, 9.17) is 17.3 Å². The number of carbonyl (C=O) groups is 1. The van der Waals surface area contributed by atoms with Gasteiger partial charge in [-0.05, 0) is 36.2 Å². The first-order chi connectivity index (χ1) is 11.6. The minimum atomic E-state index is 0. The Balaban J connectivity index is 0.00000225. The van der Waals surface area contributed by atoms with Crippen molar-refractivity contribution in [3.63, 3.8) is 0 Å². The maximum absolute atomic E-state index is 12.4. The Kier molecular flexibility index (Phi) is 6.97. The van der Waals surface area contributed by atoms with Crippen LogP contribution in [0.1, 0.15) is 12.0 Å². The van der Waals surface area contributed by atoms with E-state index in [-0.39, 0.29) is 18.3 Å². The van der Waals surface area contributed by atoms with Crippen LogP contribution in [0.4, 0.5) is 11.4 Å². The summed E-state index contributed by atoms with van der Waals surface area (Å²) in [5.41, 5.74) is 8.86. The maximum Gasteiger partial charge on any atom is 0.223 e. The zero-order valence-electron chi connectivity index (χ0n) is 14.0. The van der Waals surface area contributed by atoms with Gasteiger partial charge in [-0.25, -0.2) is 0 Å². The number of nitrogen functional groups attached to an aromatic ring is 1. The van der Waals surface area contributed by atoms with Crippen molar-refractivity contribution in [2.45, 2.75) is 12.8 Å². The quantitative estimate of drug-likeness (QED) is 0.825. The van der Waals surface area contributed by atoms with Crippen molar-refractivity contribution in [1.29, 1.82) is 0 Å². The minimum absolute atomic E-state index is 0. The lowest BCUT2D eigenvalue weighted by Gasteiger charge is -2.36. The van der Waals surface area contributed by atoms with Crippen molar-refractivity contribution < 1.29 is 4.79 Å². The Labute approximate surface area is 160 Å². The molecule has 4 nitrogen and oxygen atoms in total. The molecule has 1 aliphatic heterocycles. The predicted molar refractivity (Wildman–Crippen MR) is 107 cm³/mol. The molecular formula is C19H23Cl2N3O. The fraction of sp³-hybridized carbons (Fsp3) is 0.316. The van der Waals surface area contributed by atoms with Crippen LogP contribution in [-0.2, 0) is 11.2 Å². The van der Waals surface area contributed by atoms with E-state index in [0.29, 0.717) is 12.8 Å². The van der Waals surface area contributed by atoms with Crippen molar-refractivity contribution in [2.75, 3.05) is 36.8 Å². The normalized spacial score (nSPS) is 14.1. The summed E-state index contributed by atoms with van der Waals surface area (Å²) >= 11 is 6.05. The number of anilines is 2. The summed E-state index contributed by atoms with van der Waals surface area (Å²) < 4.78 is 0. The molecule has 0 unspecified atom stereocenters. The maximum atomic E-state index is 12.4. The van der Waals surface area contributed by atoms with E-state index in [2.05, 4.69) is 11.0 Å². The lowest BCUT2D eigenvalue weighted by Crippen LogP contribution is -2.48. The lowest BCUT2D eigenvalue weighted by atomic mass is 10.1. The fourth-order valence-electron chi connectivity index (χ4n) is 3.05. The Hall–Kier alpha value is -1.91. The zero-order valence-corrected chi connectivity index (χ0v) is 15.6. The topological polar surface area (TPSA) is 49.6 Å². The molecule has 1 heterocycles. The van der Waals surface area contributed by atoms with Crippen LogP contribution in [0.5, 0.6) is 0 Å². The van der Waals surface area contributed by atoms with Crippen LogP contribution in [0.2, 0.25) is 5.02 Å². The van der Waals surface area contributed by atoms with E-state index in [0.717, 1.165) is 48.1 Å². The highest BCUT2D eigenvalue weighted by Crippen LogP contribution is 2.21. The second-order valence-electron chi connectivity index (χ2n) is 6.05. The van der Waals surface area contributed by atoms with E-state index in [1.54, 1.807) is 0 Å². The molecule has 0 bridgehead atoms. The van der Waals surface area contributed by atoms with Gasteiger partial charge in [0.1, 0.15) is 0 Å². The second kappa shape index (κ2) is 8.97. The number of benzene rings is 2. The molecule has 0 atom stereocenters. The third kappa shape index (κ3) is 5.03. The summed E-state index contributed by atoms with van der Waals surface area (Å²) in [6.07, 6.45) is 1.20. The summed E-state index contributed by atoms with van der Waals surface area (Å²) in [7, 11) is 0. The number of carbonyl (C=O) groups excluding carboxylic acids is 1. The Bertz CT molecular complexity index is 715. The zero-order chi connectivity index (χ0) is 16.9. The summed E-state index contributed by atoms with van der Waals surface area (Å²) in [5.74, 6) is 0.198. The standard InChI is InChI=1S/C19H22ClN3O.ClH/c20-16-5-3-6-17(14-16)22-10-12-23(13-11-22)19(24)9-8-15-4-1-2-7-18(15)21;/h1-7,14H,8-13,21H2;1H. The van der Waals surface area contributed by atoms with Crippen molar-refractivity contribution in [3.8, 4) is 0 Å². The average Bonchev–Trinajstić information content (AvgIpc) is 2.61. The summed E-state index contributed by atoms with van der Waals surface area (Å²) in [4.78, 5) is 16.6. The molecule has 0 radical (unpaired) electrons. The van der Waals surface area contributed by atoms with Gasteiger partial charge in [-0.15, -0.1) is 12.4 Å². The molecule has 1 aliphatic rings. The molecule has 0 aromatic heterocycles. The number of hydrogen-bond donors (Lipinski definition) is 1. The lowest BCUT2D eigenvalue weighted by molar-refractivity contribution is -0.131. The first-order valence-electron chi connectivity index (χ1n) is 8.25. The molecule has 25 heavy (non-hydrogen) atoms. The minimum Gasteiger partial charge on any atom is -0.399 e. The van der Waals surface area contributed by atoms with Crippen molar-refractivity contribution in [2.24, 2.45) is 0 Å². The van der Waals surface area contributed by atoms with Crippen LogP contribution in [0, 0.1) is 0 Å². The van der Waals surface area contributed by atoms with E-state index >= 15 is 0 Å². The highest BCUT2D eigenvalue weighted by atomic mass is 35.5. The van der Waals surface area contributed by atoms with Crippen LogP contribution in [0.3, 0.4) is 0 Å². The van der Waals surface area contributed by atoms with Gasteiger partial charge in [0, 0.05) is 49.0 Å². The second-order valence-corrected chi connectivity index (χ2v) is 6.48. The number of aryl methyl sites for hydroxylation is 1. The van der Waals surface area contributed by atoms with Crippen molar-refractivity contribution >= 4 is 41.3 Å². The molecule has 3 rings (SSSR count). The number of hydrogen-bond acceptors (Lipinski definition) is 3. The molecule has 0 aliphatic carbocycles. The number of nitrogens with zero attached hydrogens (tertiary/aromatic N) is 2. The predicted octanol–water partition coefficient (Wildman–Crippen LogP) is 3.63. The molecule has 2 aromatic rings. The van der Waals surface area contributed by atoms with Crippen LogP contribution >= 0.6 is 24.0 Å². The molecule has 1 saturated heterocycles. The number of para-hydroxylation sites is 1. The van der Waals surface area contributed by atoms with Gasteiger partial charge in [0.05, 0.1) is 0 Å². The first-order valence-corrected chi connectivity index (χ1v) is 8.63.